The summed E-state index contributed by atoms with van der Waals surface area (Å²) in [5.74, 6) is -0.283. The van der Waals surface area contributed by atoms with Crippen LogP contribution >= 0.6 is 0 Å². The molecule has 7 nitrogen and oxygen atoms in total. The number of hydrogen-bond acceptors (Lipinski definition) is 5. The van der Waals surface area contributed by atoms with Crippen molar-refractivity contribution in [3.05, 3.63) is 101 Å². The number of nitrogens with one attached hydrogen (secondary N) is 2. The molecular weight excluding hydrogens is 451 g/mol. The van der Waals surface area contributed by atoms with Crippen LogP contribution in [-0.2, 0) is 16.1 Å². The highest BCUT2D eigenvalue weighted by molar-refractivity contribution is 6.24. The molecule has 0 aliphatic heterocycles. The van der Waals surface area contributed by atoms with Gasteiger partial charge in [-0.15, -0.1) is 0 Å². The second kappa shape index (κ2) is 12.2. The van der Waals surface area contributed by atoms with E-state index in [1.807, 2.05) is 12.1 Å². The van der Waals surface area contributed by atoms with Crippen LogP contribution in [-0.4, -0.2) is 31.2 Å². The van der Waals surface area contributed by atoms with Gasteiger partial charge in [-0.25, -0.2) is 9.87 Å². The Morgan fingerprint density at radius 1 is 0.914 bits per heavy atom. The summed E-state index contributed by atoms with van der Waals surface area (Å²) < 4.78 is 24.1. The Kier molecular flexibility index (Phi) is 8.75. The summed E-state index contributed by atoms with van der Waals surface area (Å²) in [6.45, 7) is 0.254. The average Bonchev–Trinajstić information content (AvgIpc) is 2.89. The molecule has 3 rings (SSSR count). The maximum Gasteiger partial charge on any atom is 0.267 e. The number of ether oxygens (including phenoxy) is 2. The molecule has 3 N–H and O–H groups in total. The highest BCUT2D eigenvalue weighted by Crippen LogP contribution is 2.29. The van der Waals surface area contributed by atoms with E-state index in [0.29, 0.717) is 28.2 Å². The van der Waals surface area contributed by atoms with Gasteiger partial charge in [-0.1, -0.05) is 42.5 Å². The molecule has 0 saturated heterocycles. The smallest absolute Gasteiger partial charge is 0.267 e. The first-order valence-electron chi connectivity index (χ1n) is 10.6. The maximum atomic E-state index is 13.5. The number of carbonyl (C=O) groups is 2. The van der Waals surface area contributed by atoms with E-state index in [-0.39, 0.29) is 12.5 Å². The largest absolute Gasteiger partial charge is 0.493 e. The van der Waals surface area contributed by atoms with E-state index in [2.05, 4.69) is 5.32 Å². The summed E-state index contributed by atoms with van der Waals surface area (Å²) in [6.07, 6.45) is 4.45. The fourth-order valence-electron chi connectivity index (χ4n) is 3.25. The quantitative estimate of drug-likeness (QED) is 0.186. The lowest BCUT2D eigenvalue weighted by Gasteiger charge is -2.12. The van der Waals surface area contributed by atoms with Crippen molar-refractivity contribution in [3.63, 3.8) is 0 Å². The van der Waals surface area contributed by atoms with Crippen molar-refractivity contribution < 1.29 is 28.7 Å². The molecule has 0 fully saturated rings. The molecule has 0 atom stereocenters. The van der Waals surface area contributed by atoms with Crippen LogP contribution in [0, 0.1) is 5.82 Å². The van der Waals surface area contributed by atoms with Crippen molar-refractivity contribution in [2.24, 2.45) is 0 Å². The van der Waals surface area contributed by atoms with E-state index in [1.54, 1.807) is 61.7 Å². The summed E-state index contributed by atoms with van der Waals surface area (Å²) in [4.78, 5) is 24.2. The zero-order valence-corrected chi connectivity index (χ0v) is 19.2. The normalized spacial score (nSPS) is 11.3. The van der Waals surface area contributed by atoms with Gasteiger partial charge in [0.05, 0.1) is 14.2 Å². The van der Waals surface area contributed by atoms with Crippen LogP contribution in [0.25, 0.3) is 17.7 Å². The van der Waals surface area contributed by atoms with Crippen LogP contribution in [0.15, 0.2) is 72.8 Å². The van der Waals surface area contributed by atoms with Gasteiger partial charge in [0.1, 0.15) is 5.82 Å². The molecule has 8 heteroatoms. The fourth-order valence-corrected chi connectivity index (χ4v) is 3.25. The van der Waals surface area contributed by atoms with Crippen molar-refractivity contribution in [3.8, 4) is 11.5 Å². The van der Waals surface area contributed by atoms with Crippen LogP contribution in [0.2, 0.25) is 0 Å². The number of hydroxylamine groups is 1. The monoisotopic (exact) mass is 476 g/mol. The molecule has 0 unspecified atom stereocenters. The number of halogens is 1. The SMILES string of the molecule is COc1ccc(/C=C(/C(=O)NCc2ccc(/C=C/C(=O)NO)cc2)c2ccc(F)cc2)cc1OC. The molecule has 0 aromatic heterocycles. The lowest BCUT2D eigenvalue weighted by atomic mass is 10.0. The topological polar surface area (TPSA) is 96.9 Å². The zero-order chi connectivity index (χ0) is 25.2. The predicted molar refractivity (Wildman–Crippen MR) is 131 cm³/mol. The number of benzene rings is 3. The number of carbonyl (C=O) groups excluding carboxylic acids is 2. The fraction of sp³-hybridized carbons (Fsp3) is 0.111. The summed E-state index contributed by atoms with van der Waals surface area (Å²) in [7, 11) is 3.07. The van der Waals surface area contributed by atoms with E-state index < -0.39 is 11.7 Å². The van der Waals surface area contributed by atoms with Gasteiger partial charge in [0.15, 0.2) is 11.5 Å². The van der Waals surface area contributed by atoms with E-state index in [1.165, 1.54) is 30.8 Å². The van der Waals surface area contributed by atoms with Gasteiger partial charge in [-0.2, -0.15) is 0 Å². The van der Waals surface area contributed by atoms with E-state index >= 15 is 0 Å². The minimum Gasteiger partial charge on any atom is -0.493 e. The van der Waals surface area contributed by atoms with Crippen LogP contribution in [0.3, 0.4) is 0 Å². The average molecular weight is 477 g/mol. The summed E-state index contributed by atoms with van der Waals surface area (Å²) in [6, 6.07) is 18.2. The number of hydrogen-bond donors (Lipinski definition) is 3. The first-order valence-corrected chi connectivity index (χ1v) is 10.6. The van der Waals surface area contributed by atoms with Crippen molar-refractivity contribution in [2.75, 3.05) is 14.2 Å². The van der Waals surface area contributed by atoms with Crippen molar-refractivity contribution in [1.29, 1.82) is 0 Å². The Labute approximate surface area is 202 Å². The number of amides is 2. The van der Waals surface area contributed by atoms with Crippen LogP contribution < -0.4 is 20.3 Å². The molecule has 0 saturated carbocycles. The Balaban J connectivity index is 1.81. The minimum atomic E-state index is -0.629. The Morgan fingerprint density at radius 3 is 2.20 bits per heavy atom. The standard InChI is InChI=1S/C27H25FN2O5/c1-34-24-13-7-20(16-25(24)35-2)15-23(21-9-11-22(28)12-10-21)27(32)29-17-19-5-3-18(4-6-19)8-14-26(31)30-33/h3-16,33H,17H2,1-2H3,(H,29,32)(H,30,31)/b14-8+,23-15+. The molecule has 3 aromatic carbocycles. The molecule has 0 radical (unpaired) electrons. The maximum absolute atomic E-state index is 13.5. The Morgan fingerprint density at radius 2 is 1.57 bits per heavy atom. The van der Waals surface area contributed by atoms with Crippen molar-refractivity contribution in [1.82, 2.24) is 10.8 Å². The Bertz CT molecular complexity index is 1240. The van der Waals surface area contributed by atoms with Gasteiger partial charge < -0.3 is 14.8 Å². The molecule has 3 aromatic rings. The third-order valence-electron chi connectivity index (χ3n) is 5.09. The van der Waals surface area contributed by atoms with Gasteiger partial charge in [0, 0.05) is 18.2 Å². The highest BCUT2D eigenvalue weighted by atomic mass is 19.1. The molecule has 0 heterocycles. The van der Waals surface area contributed by atoms with Crippen molar-refractivity contribution in [2.45, 2.75) is 6.54 Å². The summed E-state index contributed by atoms with van der Waals surface area (Å²) >= 11 is 0. The number of methoxy groups -OCH3 is 2. The molecular formula is C27H25FN2O5. The molecule has 0 aliphatic carbocycles. The van der Waals surface area contributed by atoms with Crippen LogP contribution in [0.5, 0.6) is 11.5 Å². The predicted octanol–water partition coefficient (Wildman–Crippen LogP) is 4.22. The molecule has 2 amide bonds. The second-order valence-electron chi connectivity index (χ2n) is 7.41. The van der Waals surface area contributed by atoms with Crippen LogP contribution in [0.4, 0.5) is 4.39 Å². The number of rotatable bonds is 9. The Hall–Kier alpha value is -4.43. The zero-order valence-electron chi connectivity index (χ0n) is 19.2. The third kappa shape index (κ3) is 7.02. The molecule has 0 bridgehead atoms. The first kappa shape index (κ1) is 25.2. The third-order valence-corrected chi connectivity index (χ3v) is 5.09. The van der Waals surface area contributed by atoms with E-state index in [0.717, 1.165) is 11.1 Å². The van der Waals surface area contributed by atoms with Gasteiger partial charge in [0.25, 0.3) is 11.8 Å². The van der Waals surface area contributed by atoms with Gasteiger partial charge in [-0.05, 0) is 58.7 Å². The summed E-state index contributed by atoms with van der Waals surface area (Å²) in [5, 5.41) is 11.4. The molecule has 0 spiro atoms. The molecule has 35 heavy (non-hydrogen) atoms. The van der Waals surface area contributed by atoms with Gasteiger partial charge in [0.2, 0.25) is 0 Å². The first-order chi connectivity index (χ1) is 16.9. The van der Waals surface area contributed by atoms with Crippen molar-refractivity contribution >= 4 is 29.5 Å². The van der Waals surface area contributed by atoms with Gasteiger partial charge >= 0.3 is 0 Å². The lowest BCUT2D eigenvalue weighted by molar-refractivity contribution is -0.124. The molecule has 0 aliphatic rings. The van der Waals surface area contributed by atoms with Gasteiger partial charge in [-0.3, -0.25) is 14.8 Å². The van der Waals surface area contributed by atoms with E-state index in [9.17, 15) is 14.0 Å². The van der Waals surface area contributed by atoms with E-state index in [4.69, 9.17) is 14.7 Å². The second-order valence-corrected chi connectivity index (χ2v) is 7.41. The summed E-state index contributed by atoms with van der Waals surface area (Å²) in [5.41, 5.74) is 4.74. The molecule has 180 valence electrons. The minimum absolute atomic E-state index is 0.254. The lowest BCUT2D eigenvalue weighted by Crippen LogP contribution is -2.23. The van der Waals surface area contributed by atoms with Crippen LogP contribution in [0.1, 0.15) is 22.3 Å². The highest BCUT2D eigenvalue weighted by Gasteiger charge is 2.14.